The number of rotatable bonds is 5. The SMILES string of the molecule is CC(N)C(C)C(=O)N1CCN(Cc2nccn2C(F)F)CC1.Cl.Cl. The fourth-order valence-electron chi connectivity index (χ4n) is 2.48. The average Bonchev–Trinajstić information content (AvgIpc) is 2.94. The number of amides is 1. The fourth-order valence-corrected chi connectivity index (χ4v) is 2.48. The maximum Gasteiger partial charge on any atom is 0.319 e. The van der Waals surface area contributed by atoms with Gasteiger partial charge in [-0.1, -0.05) is 6.92 Å². The zero-order valence-corrected chi connectivity index (χ0v) is 15.4. The van der Waals surface area contributed by atoms with Gasteiger partial charge in [0.15, 0.2) is 0 Å². The lowest BCUT2D eigenvalue weighted by Gasteiger charge is -2.36. The number of halogens is 4. The zero-order valence-electron chi connectivity index (χ0n) is 13.8. The van der Waals surface area contributed by atoms with Crippen LogP contribution in [0.25, 0.3) is 0 Å². The van der Waals surface area contributed by atoms with E-state index in [1.807, 2.05) is 18.7 Å². The lowest BCUT2D eigenvalue weighted by molar-refractivity contribution is -0.137. The normalized spacial score (nSPS) is 17.8. The summed E-state index contributed by atoms with van der Waals surface area (Å²) in [7, 11) is 0. The third-order valence-corrected chi connectivity index (χ3v) is 4.19. The Hall–Kier alpha value is -0.960. The molecule has 1 saturated heterocycles. The third kappa shape index (κ3) is 5.54. The number of piperazine rings is 1. The predicted octanol–water partition coefficient (Wildman–Crippen LogP) is 1.75. The van der Waals surface area contributed by atoms with Crippen molar-refractivity contribution < 1.29 is 13.6 Å². The Bertz CT molecular complexity index is 507. The van der Waals surface area contributed by atoms with Gasteiger partial charge in [-0.3, -0.25) is 14.3 Å². The van der Waals surface area contributed by atoms with E-state index in [1.54, 1.807) is 4.90 Å². The smallest absolute Gasteiger partial charge is 0.319 e. The Labute approximate surface area is 153 Å². The van der Waals surface area contributed by atoms with Crippen molar-refractivity contribution in [2.75, 3.05) is 26.2 Å². The van der Waals surface area contributed by atoms with Gasteiger partial charge < -0.3 is 10.6 Å². The van der Waals surface area contributed by atoms with E-state index in [0.717, 1.165) is 4.57 Å². The first-order valence-corrected chi connectivity index (χ1v) is 7.46. The lowest BCUT2D eigenvalue weighted by atomic mass is 10.0. The fraction of sp³-hybridized carbons (Fsp3) is 0.714. The van der Waals surface area contributed by atoms with Gasteiger partial charge in [0.25, 0.3) is 0 Å². The highest BCUT2D eigenvalue weighted by atomic mass is 35.5. The molecule has 1 aliphatic rings. The predicted molar refractivity (Wildman–Crippen MR) is 92.6 cm³/mol. The van der Waals surface area contributed by atoms with Crippen LogP contribution in [0, 0.1) is 5.92 Å². The quantitative estimate of drug-likeness (QED) is 0.835. The second-order valence-corrected chi connectivity index (χ2v) is 5.78. The van der Waals surface area contributed by atoms with E-state index < -0.39 is 6.55 Å². The van der Waals surface area contributed by atoms with E-state index in [9.17, 15) is 13.6 Å². The van der Waals surface area contributed by atoms with Crippen molar-refractivity contribution in [2.45, 2.75) is 33.0 Å². The van der Waals surface area contributed by atoms with E-state index in [0.29, 0.717) is 38.5 Å². The Kier molecular flexibility index (Phi) is 9.72. The van der Waals surface area contributed by atoms with Crippen molar-refractivity contribution in [3.63, 3.8) is 0 Å². The number of carbonyl (C=O) groups is 1. The number of nitrogens with two attached hydrogens (primary N) is 1. The van der Waals surface area contributed by atoms with Crippen molar-refractivity contribution in [2.24, 2.45) is 11.7 Å². The molecule has 0 aliphatic carbocycles. The minimum atomic E-state index is -2.58. The first-order valence-electron chi connectivity index (χ1n) is 7.46. The molecular weight excluding hydrogens is 363 g/mol. The number of carbonyl (C=O) groups excluding carboxylic acids is 1. The molecule has 2 unspecified atom stereocenters. The van der Waals surface area contributed by atoms with Crippen molar-refractivity contribution in [3.05, 3.63) is 18.2 Å². The van der Waals surface area contributed by atoms with Gasteiger partial charge in [0, 0.05) is 44.6 Å². The Balaban J connectivity index is 0.00000264. The molecule has 0 bridgehead atoms. The summed E-state index contributed by atoms with van der Waals surface area (Å²) >= 11 is 0. The second-order valence-electron chi connectivity index (χ2n) is 5.78. The molecular formula is C14H25Cl2F2N5O. The van der Waals surface area contributed by atoms with Crippen LogP contribution in [0.5, 0.6) is 0 Å². The maximum absolute atomic E-state index is 12.8. The van der Waals surface area contributed by atoms with E-state index >= 15 is 0 Å². The summed E-state index contributed by atoms with van der Waals surface area (Å²) in [6, 6.07) is -0.177. The Morgan fingerprint density at radius 1 is 1.25 bits per heavy atom. The van der Waals surface area contributed by atoms with Crippen LogP contribution in [0.15, 0.2) is 12.4 Å². The number of aromatic nitrogens is 2. The Morgan fingerprint density at radius 2 is 1.83 bits per heavy atom. The highest BCUT2D eigenvalue weighted by molar-refractivity contribution is 5.85. The highest BCUT2D eigenvalue weighted by Crippen LogP contribution is 2.16. The third-order valence-electron chi connectivity index (χ3n) is 4.19. The monoisotopic (exact) mass is 387 g/mol. The van der Waals surface area contributed by atoms with Gasteiger partial charge in [-0.15, -0.1) is 24.8 Å². The molecule has 1 aromatic heterocycles. The van der Waals surface area contributed by atoms with Gasteiger partial charge in [-0.25, -0.2) is 4.98 Å². The molecule has 1 amide bonds. The zero-order chi connectivity index (χ0) is 16.3. The standard InChI is InChI=1S/C14H23F2N5O.2ClH/c1-10(11(2)17)13(22)20-7-5-19(6-8-20)9-12-18-3-4-21(12)14(15)16;;/h3-4,10-11,14H,5-9,17H2,1-2H3;2*1H. The van der Waals surface area contributed by atoms with Crippen LogP contribution in [0.1, 0.15) is 26.2 Å². The molecule has 0 aromatic carbocycles. The molecule has 1 aromatic rings. The molecule has 0 spiro atoms. The van der Waals surface area contributed by atoms with E-state index in [2.05, 4.69) is 4.98 Å². The Morgan fingerprint density at radius 3 is 2.33 bits per heavy atom. The van der Waals surface area contributed by atoms with Crippen LogP contribution in [0.2, 0.25) is 0 Å². The first kappa shape index (κ1) is 23.0. The molecule has 2 rings (SSSR count). The molecule has 0 radical (unpaired) electrons. The first-order chi connectivity index (χ1) is 10.4. The second kappa shape index (κ2) is 10.1. The molecule has 24 heavy (non-hydrogen) atoms. The van der Waals surface area contributed by atoms with Crippen molar-refractivity contribution >= 4 is 30.7 Å². The van der Waals surface area contributed by atoms with Crippen molar-refractivity contribution in [1.29, 1.82) is 0 Å². The number of hydrogen-bond donors (Lipinski definition) is 1. The summed E-state index contributed by atoms with van der Waals surface area (Å²) in [5, 5.41) is 0. The molecule has 10 heteroatoms. The van der Waals surface area contributed by atoms with Gasteiger partial charge >= 0.3 is 6.55 Å². The highest BCUT2D eigenvalue weighted by Gasteiger charge is 2.27. The van der Waals surface area contributed by atoms with Crippen LogP contribution in [0.4, 0.5) is 8.78 Å². The summed E-state index contributed by atoms with van der Waals surface area (Å²) in [6.45, 7) is 3.91. The average molecular weight is 388 g/mol. The maximum atomic E-state index is 12.8. The summed E-state index contributed by atoms with van der Waals surface area (Å²) in [5.74, 6) is 0.201. The van der Waals surface area contributed by atoms with Gasteiger partial charge in [0.2, 0.25) is 5.91 Å². The minimum Gasteiger partial charge on any atom is -0.340 e. The van der Waals surface area contributed by atoms with E-state index in [1.165, 1.54) is 12.4 Å². The summed E-state index contributed by atoms with van der Waals surface area (Å²) in [5.41, 5.74) is 5.77. The summed E-state index contributed by atoms with van der Waals surface area (Å²) < 4.78 is 26.4. The topological polar surface area (TPSA) is 67.4 Å². The lowest BCUT2D eigenvalue weighted by Crippen LogP contribution is -2.51. The molecule has 0 saturated carbocycles. The van der Waals surface area contributed by atoms with Crippen LogP contribution in [0.3, 0.4) is 0 Å². The van der Waals surface area contributed by atoms with E-state index in [4.69, 9.17) is 5.73 Å². The largest absolute Gasteiger partial charge is 0.340 e. The van der Waals surface area contributed by atoms with Gasteiger partial charge in [-0.05, 0) is 6.92 Å². The molecule has 1 aliphatic heterocycles. The number of imidazole rings is 1. The van der Waals surface area contributed by atoms with E-state index in [-0.39, 0.29) is 42.7 Å². The number of alkyl halides is 2. The number of nitrogens with zero attached hydrogens (tertiary/aromatic N) is 4. The summed E-state index contributed by atoms with van der Waals surface area (Å²) in [4.78, 5) is 20.0. The van der Waals surface area contributed by atoms with Crippen LogP contribution < -0.4 is 5.73 Å². The molecule has 6 nitrogen and oxygen atoms in total. The van der Waals surface area contributed by atoms with Gasteiger partial charge in [-0.2, -0.15) is 8.78 Å². The van der Waals surface area contributed by atoms with Gasteiger partial charge in [0.05, 0.1) is 12.5 Å². The minimum absolute atomic E-state index is 0. The van der Waals surface area contributed by atoms with Crippen LogP contribution >= 0.6 is 24.8 Å². The van der Waals surface area contributed by atoms with Crippen LogP contribution in [-0.2, 0) is 11.3 Å². The number of hydrogen-bond acceptors (Lipinski definition) is 4. The molecule has 140 valence electrons. The van der Waals surface area contributed by atoms with Crippen molar-refractivity contribution in [1.82, 2.24) is 19.4 Å². The molecule has 2 N–H and O–H groups in total. The van der Waals surface area contributed by atoms with Crippen molar-refractivity contribution in [3.8, 4) is 0 Å². The molecule has 2 atom stereocenters. The summed E-state index contributed by atoms with van der Waals surface area (Å²) in [6.07, 6.45) is 2.66. The van der Waals surface area contributed by atoms with Crippen LogP contribution in [-0.4, -0.2) is 57.5 Å². The molecule has 2 heterocycles. The van der Waals surface area contributed by atoms with Gasteiger partial charge in [0.1, 0.15) is 5.82 Å². The molecule has 1 fully saturated rings.